The van der Waals surface area contributed by atoms with Crippen molar-refractivity contribution in [2.45, 2.75) is 37.2 Å². The maximum absolute atomic E-state index is 6.27. The Morgan fingerprint density at radius 2 is 2.03 bits per heavy atom. The van der Waals surface area contributed by atoms with Crippen LogP contribution in [0.3, 0.4) is 0 Å². The molecule has 0 amide bonds. The van der Waals surface area contributed by atoms with Crippen LogP contribution in [0.4, 0.5) is 11.8 Å². The number of hydrogen-bond donors (Lipinski definition) is 1. The zero-order valence-corrected chi connectivity index (χ0v) is 21.2. The molecule has 4 heterocycles. The van der Waals surface area contributed by atoms with Crippen LogP contribution in [0.15, 0.2) is 51.7 Å². The van der Waals surface area contributed by atoms with E-state index >= 15 is 0 Å². The highest BCUT2D eigenvalue weighted by atomic mass is 32.2. The van der Waals surface area contributed by atoms with Gasteiger partial charge in [0.25, 0.3) is 0 Å². The van der Waals surface area contributed by atoms with Crippen molar-refractivity contribution >= 4 is 33.4 Å². The van der Waals surface area contributed by atoms with E-state index in [1.807, 2.05) is 0 Å². The molecule has 1 aromatic heterocycles. The van der Waals surface area contributed by atoms with Crippen molar-refractivity contribution in [3.63, 3.8) is 0 Å². The average Bonchev–Trinajstić information content (AvgIpc) is 3.51. The third-order valence-corrected chi connectivity index (χ3v) is 9.22. The molecule has 8 heteroatoms. The zero-order chi connectivity index (χ0) is 23.8. The van der Waals surface area contributed by atoms with Gasteiger partial charge in [-0.25, -0.2) is 4.98 Å². The second-order valence-electron chi connectivity index (χ2n) is 10.0. The third-order valence-electron chi connectivity index (χ3n) is 7.28. The molecule has 3 aromatic rings. The van der Waals surface area contributed by atoms with Crippen LogP contribution in [0.25, 0.3) is 10.9 Å². The molecule has 2 unspecified atom stereocenters. The lowest BCUT2D eigenvalue weighted by Gasteiger charge is -2.25. The van der Waals surface area contributed by atoms with E-state index in [0.29, 0.717) is 5.92 Å². The number of aryl methyl sites for hydroxylation is 1. The number of hydrogen-bond acceptors (Lipinski definition) is 7. The van der Waals surface area contributed by atoms with E-state index in [1.165, 1.54) is 16.0 Å². The topological polar surface area (TPSA) is 79.9 Å². The fourth-order valence-electron chi connectivity index (χ4n) is 5.26. The minimum atomic E-state index is -0.124. The first-order valence-electron chi connectivity index (χ1n) is 12.7. The van der Waals surface area contributed by atoms with Gasteiger partial charge < -0.3 is 20.3 Å². The van der Waals surface area contributed by atoms with Gasteiger partial charge >= 0.3 is 0 Å². The van der Waals surface area contributed by atoms with Crippen LogP contribution < -0.4 is 15.5 Å². The molecule has 2 aromatic carbocycles. The van der Waals surface area contributed by atoms with Gasteiger partial charge in [-0.3, -0.25) is 4.36 Å². The molecule has 3 atom stereocenters. The van der Waals surface area contributed by atoms with Gasteiger partial charge in [-0.2, -0.15) is 4.98 Å². The molecular formula is C27H34N6OS. The van der Waals surface area contributed by atoms with Crippen LogP contribution in [0.2, 0.25) is 0 Å². The predicted octanol–water partition coefficient (Wildman–Crippen LogP) is 3.69. The lowest BCUT2D eigenvalue weighted by atomic mass is 10.1. The minimum absolute atomic E-state index is 0.124. The second kappa shape index (κ2) is 9.84. The van der Waals surface area contributed by atoms with E-state index < -0.39 is 0 Å². The van der Waals surface area contributed by atoms with Crippen molar-refractivity contribution in [3.8, 4) is 0 Å². The van der Waals surface area contributed by atoms with Gasteiger partial charge in [0.15, 0.2) is 0 Å². The molecule has 3 aliphatic heterocycles. The van der Waals surface area contributed by atoms with Crippen LogP contribution in [0.1, 0.15) is 24.0 Å². The number of rotatable bonds is 4. The van der Waals surface area contributed by atoms with E-state index in [0.717, 1.165) is 87.2 Å². The van der Waals surface area contributed by atoms with E-state index in [-0.39, 0.29) is 16.7 Å². The summed E-state index contributed by atoms with van der Waals surface area (Å²) in [6.45, 7) is 8.22. The molecule has 0 radical (unpaired) electrons. The number of nitrogens with two attached hydrogens (primary N) is 1. The van der Waals surface area contributed by atoms with Crippen molar-refractivity contribution in [1.29, 1.82) is 0 Å². The number of benzene rings is 2. The first kappa shape index (κ1) is 22.9. The summed E-state index contributed by atoms with van der Waals surface area (Å²) in [6, 6.07) is 15.5. The molecule has 2 fully saturated rings. The van der Waals surface area contributed by atoms with Gasteiger partial charge in [0.2, 0.25) is 5.95 Å². The third kappa shape index (κ3) is 4.79. The van der Waals surface area contributed by atoms with Crippen molar-refractivity contribution in [3.05, 3.63) is 53.6 Å². The number of ether oxygens (including phenoxy) is 1. The Morgan fingerprint density at radius 3 is 2.86 bits per heavy atom. The number of anilines is 2. The van der Waals surface area contributed by atoms with Crippen LogP contribution >= 0.6 is 0 Å². The Morgan fingerprint density at radius 1 is 1.11 bits per heavy atom. The van der Waals surface area contributed by atoms with Gasteiger partial charge in [-0.05, 0) is 43.5 Å². The maximum Gasteiger partial charge on any atom is 0.228 e. The summed E-state index contributed by atoms with van der Waals surface area (Å²) in [5.41, 5.74) is 9.82. The maximum atomic E-state index is 6.27. The van der Waals surface area contributed by atoms with E-state index in [4.69, 9.17) is 24.8 Å². The fourth-order valence-corrected chi connectivity index (χ4v) is 7.20. The van der Waals surface area contributed by atoms with Crippen LogP contribution in [-0.4, -0.2) is 61.2 Å². The molecule has 2 saturated heterocycles. The molecule has 0 spiro atoms. The van der Waals surface area contributed by atoms with Gasteiger partial charge in [0.1, 0.15) is 5.82 Å². The van der Waals surface area contributed by atoms with Gasteiger partial charge in [0, 0.05) is 60.8 Å². The lowest BCUT2D eigenvalue weighted by molar-refractivity contribution is 0.187. The van der Waals surface area contributed by atoms with E-state index in [1.54, 1.807) is 0 Å². The molecular weight excluding hydrogens is 456 g/mol. The van der Waals surface area contributed by atoms with Gasteiger partial charge in [0.05, 0.1) is 18.7 Å². The standard InChI is InChI=1S/C27H34N6OS/c1-19-6-7-24-23(14-19)26(32-10-8-22(28)17-32)31-27(30-24)33-11-13-35(29-15-20-9-12-34-18-20)25-5-3-2-4-21(25)16-33/h2-7,14,20,22H,8-13,15-18,28H2,1H3/t20?,22-,35?/m0/s1. The molecule has 184 valence electrons. The van der Waals surface area contributed by atoms with Gasteiger partial charge in [-0.15, -0.1) is 0 Å². The number of fused-ring (bicyclic) bond motifs is 2. The summed E-state index contributed by atoms with van der Waals surface area (Å²) in [5.74, 6) is 3.38. The summed E-state index contributed by atoms with van der Waals surface area (Å²) in [7, 11) is -0.124. The zero-order valence-electron chi connectivity index (χ0n) is 20.4. The highest BCUT2D eigenvalue weighted by molar-refractivity contribution is 7.87. The van der Waals surface area contributed by atoms with E-state index in [9.17, 15) is 0 Å². The fraction of sp³-hybridized carbons (Fsp3) is 0.481. The number of aromatic nitrogens is 2. The van der Waals surface area contributed by atoms with Crippen molar-refractivity contribution in [2.24, 2.45) is 16.0 Å². The highest BCUT2D eigenvalue weighted by Gasteiger charge is 2.26. The Hall–Kier alpha value is -2.55. The summed E-state index contributed by atoms with van der Waals surface area (Å²) in [4.78, 5) is 16.3. The molecule has 3 aliphatic rings. The molecule has 0 aliphatic carbocycles. The highest BCUT2D eigenvalue weighted by Crippen LogP contribution is 2.31. The second-order valence-corrected chi connectivity index (χ2v) is 11.8. The SMILES string of the molecule is Cc1ccc2nc(N3CCS(=NCC4CCOC4)c4ccccc4C3)nc(N3CC[C@H](N)C3)c2c1. The molecule has 35 heavy (non-hydrogen) atoms. The Labute approximate surface area is 209 Å². The molecule has 7 nitrogen and oxygen atoms in total. The summed E-state index contributed by atoms with van der Waals surface area (Å²) < 4.78 is 10.8. The Bertz CT molecular complexity index is 1260. The summed E-state index contributed by atoms with van der Waals surface area (Å²) in [6.07, 6.45) is 2.13. The average molecular weight is 491 g/mol. The molecule has 6 rings (SSSR count). The largest absolute Gasteiger partial charge is 0.381 e. The Kier molecular flexibility index (Phi) is 6.43. The normalized spacial score (nSPS) is 24.8. The molecule has 2 N–H and O–H groups in total. The Balaban J connectivity index is 1.36. The van der Waals surface area contributed by atoms with Crippen molar-refractivity contribution in [2.75, 3.05) is 54.9 Å². The van der Waals surface area contributed by atoms with Crippen molar-refractivity contribution < 1.29 is 4.74 Å². The molecule has 0 saturated carbocycles. The van der Waals surface area contributed by atoms with Crippen LogP contribution in [-0.2, 0) is 22.0 Å². The van der Waals surface area contributed by atoms with Crippen molar-refractivity contribution in [1.82, 2.24) is 9.97 Å². The quantitative estimate of drug-likeness (QED) is 0.601. The first-order valence-corrected chi connectivity index (χ1v) is 14.1. The smallest absolute Gasteiger partial charge is 0.228 e. The summed E-state index contributed by atoms with van der Waals surface area (Å²) in [5, 5.41) is 1.12. The van der Waals surface area contributed by atoms with Crippen LogP contribution in [0.5, 0.6) is 0 Å². The van der Waals surface area contributed by atoms with Crippen LogP contribution in [0, 0.1) is 12.8 Å². The van der Waals surface area contributed by atoms with Gasteiger partial charge in [-0.1, -0.05) is 40.5 Å². The lowest BCUT2D eigenvalue weighted by Crippen LogP contribution is -2.30. The minimum Gasteiger partial charge on any atom is -0.381 e. The number of nitrogens with zero attached hydrogens (tertiary/aromatic N) is 5. The first-order chi connectivity index (χ1) is 17.1. The van der Waals surface area contributed by atoms with E-state index in [2.05, 4.69) is 59.2 Å². The summed E-state index contributed by atoms with van der Waals surface area (Å²) >= 11 is 0. The predicted molar refractivity (Wildman–Crippen MR) is 143 cm³/mol. The molecule has 0 bridgehead atoms. The monoisotopic (exact) mass is 490 g/mol.